The minimum Gasteiger partial charge on any atom is -0.457 e. The zero-order valence-electron chi connectivity index (χ0n) is 22.9. The van der Waals surface area contributed by atoms with E-state index in [1.165, 1.54) is 41.9 Å². The molecule has 0 unspecified atom stereocenters. The number of nitrogens with one attached hydrogen (secondary N) is 1. The zero-order valence-corrected chi connectivity index (χ0v) is 23.7. The van der Waals surface area contributed by atoms with E-state index in [0.717, 1.165) is 18.4 Å². The van der Waals surface area contributed by atoms with Crippen molar-refractivity contribution in [1.82, 2.24) is 5.32 Å². The van der Waals surface area contributed by atoms with Crippen LogP contribution in [0.4, 0.5) is 14.9 Å². The summed E-state index contributed by atoms with van der Waals surface area (Å²) in [5, 5.41) is 3.03. The Morgan fingerprint density at radius 1 is 1.07 bits per heavy atom. The van der Waals surface area contributed by atoms with Crippen LogP contribution in [0.25, 0.3) is 22.3 Å². The molecular weight excluding hydrogens is 549 g/mol. The minimum atomic E-state index is -3.59. The number of hydrogen-bond donors (Lipinski definition) is 2. The number of anilines is 1. The molecule has 0 bridgehead atoms. The number of carbonyl (C=O) groups is 1. The van der Waals surface area contributed by atoms with E-state index in [2.05, 4.69) is 5.32 Å². The van der Waals surface area contributed by atoms with E-state index in [1.807, 2.05) is 6.07 Å². The van der Waals surface area contributed by atoms with Gasteiger partial charge < -0.3 is 24.9 Å². The largest absolute Gasteiger partial charge is 0.457 e. The summed E-state index contributed by atoms with van der Waals surface area (Å²) in [4.78, 5) is 12.4. The number of carbonyl (C=O) groups excluding carboxylic acids is 1. The Bertz CT molecular complexity index is 1650. The van der Waals surface area contributed by atoms with Gasteiger partial charge >= 0.3 is 6.09 Å². The number of sulfonamides is 1. The van der Waals surface area contributed by atoms with Crippen LogP contribution in [0.5, 0.6) is 17.2 Å². The lowest BCUT2D eigenvalue weighted by atomic mass is 10.0. The molecule has 5 rings (SSSR count). The Labute approximate surface area is 238 Å². The summed E-state index contributed by atoms with van der Waals surface area (Å²) in [7, 11) is -2.12. The number of hydrogen-bond acceptors (Lipinski definition) is 7. The molecule has 3 aromatic carbocycles. The molecule has 1 aromatic heterocycles. The molecule has 3 N–H and O–H groups in total. The van der Waals surface area contributed by atoms with Gasteiger partial charge in [0.05, 0.1) is 17.3 Å². The third-order valence-electron chi connectivity index (χ3n) is 6.86. The first-order chi connectivity index (χ1) is 19.7. The minimum absolute atomic E-state index is 0.197. The van der Waals surface area contributed by atoms with Crippen molar-refractivity contribution in [2.24, 2.45) is 5.73 Å². The maximum absolute atomic E-state index is 13.2. The quantitative estimate of drug-likeness (QED) is 0.204. The van der Waals surface area contributed by atoms with Crippen molar-refractivity contribution in [2.75, 3.05) is 30.7 Å². The van der Waals surface area contributed by atoms with Gasteiger partial charge in [0.15, 0.2) is 11.5 Å². The molecule has 11 heteroatoms. The lowest BCUT2D eigenvalue weighted by molar-refractivity contribution is 0.203. The SMILES string of the molecule is CNC(=O)Oc1c(-c2ccc(Oc3ccc(F)cc3)cc2)oc2cc(N(CCCCN)S(C)(=O)=O)c(C3CC3)cc12. The van der Waals surface area contributed by atoms with E-state index < -0.39 is 16.1 Å². The number of ether oxygens (including phenoxy) is 2. The highest BCUT2D eigenvalue weighted by Crippen LogP contribution is 2.49. The van der Waals surface area contributed by atoms with Gasteiger partial charge in [0.1, 0.15) is 22.9 Å². The predicted molar refractivity (Wildman–Crippen MR) is 156 cm³/mol. The van der Waals surface area contributed by atoms with E-state index in [0.29, 0.717) is 65.4 Å². The second-order valence-corrected chi connectivity index (χ2v) is 11.9. The van der Waals surface area contributed by atoms with Gasteiger partial charge in [-0.1, -0.05) is 0 Å². The Morgan fingerprint density at radius 3 is 2.32 bits per heavy atom. The molecule has 1 aliphatic carbocycles. The van der Waals surface area contributed by atoms with Gasteiger partial charge in [-0.25, -0.2) is 17.6 Å². The van der Waals surface area contributed by atoms with Crippen LogP contribution < -0.4 is 24.8 Å². The molecule has 1 aliphatic rings. The molecule has 1 saturated carbocycles. The highest BCUT2D eigenvalue weighted by atomic mass is 32.2. The number of halogens is 1. The van der Waals surface area contributed by atoms with Crippen molar-refractivity contribution < 1.29 is 31.5 Å². The van der Waals surface area contributed by atoms with Crippen molar-refractivity contribution in [3.63, 3.8) is 0 Å². The molecule has 0 atom stereocenters. The molecule has 9 nitrogen and oxygen atoms in total. The second kappa shape index (κ2) is 11.8. The fraction of sp³-hybridized carbons (Fsp3) is 0.300. The number of amides is 1. The maximum atomic E-state index is 13.2. The van der Waals surface area contributed by atoms with Crippen LogP contribution in [-0.2, 0) is 10.0 Å². The van der Waals surface area contributed by atoms with Gasteiger partial charge in [0, 0.05) is 25.2 Å². The molecule has 1 heterocycles. The number of rotatable bonds is 11. The Balaban J connectivity index is 1.58. The molecular formula is C30H32FN3O6S. The van der Waals surface area contributed by atoms with Gasteiger partial charge in [-0.05, 0) is 98.3 Å². The fourth-order valence-corrected chi connectivity index (χ4v) is 5.65. The van der Waals surface area contributed by atoms with Crippen LogP contribution >= 0.6 is 0 Å². The lowest BCUT2D eigenvalue weighted by Gasteiger charge is -2.25. The summed E-state index contributed by atoms with van der Waals surface area (Å²) in [6.45, 7) is 0.771. The van der Waals surface area contributed by atoms with Crippen LogP contribution in [0.1, 0.15) is 37.2 Å². The van der Waals surface area contributed by atoms with E-state index in [4.69, 9.17) is 19.6 Å². The summed E-state index contributed by atoms with van der Waals surface area (Å²) in [6.07, 6.45) is 3.71. The summed E-state index contributed by atoms with van der Waals surface area (Å²) in [6, 6.07) is 16.2. The average Bonchev–Trinajstić information content (AvgIpc) is 3.74. The van der Waals surface area contributed by atoms with Crippen LogP contribution in [0.2, 0.25) is 0 Å². The monoisotopic (exact) mass is 581 g/mol. The van der Waals surface area contributed by atoms with Crippen LogP contribution in [0.3, 0.4) is 0 Å². The fourth-order valence-electron chi connectivity index (χ4n) is 4.68. The maximum Gasteiger partial charge on any atom is 0.412 e. The smallest absolute Gasteiger partial charge is 0.412 e. The Morgan fingerprint density at radius 2 is 1.73 bits per heavy atom. The van der Waals surface area contributed by atoms with Crippen molar-refractivity contribution >= 4 is 32.8 Å². The predicted octanol–water partition coefficient (Wildman–Crippen LogP) is 6.13. The number of nitrogens with zero attached hydrogens (tertiary/aromatic N) is 1. The standard InChI is InChI=1S/C30H32FN3O6S/c1-33-30(35)40-29-25-17-24(19-5-6-19)26(34(41(2,36)37)16-4-3-15-32)18-27(25)39-28(29)20-7-11-22(12-8-20)38-23-13-9-21(31)10-14-23/h7-14,17-19H,3-6,15-16,32H2,1-2H3,(H,33,35). The van der Waals surface area contributed by atoms with E-state index in [-0.39, 0.29) is 17.5 Å². The first-order valence-corrected chi connectivity index (χ1v) is 15.2. The number of fused-ring (bicyclic) bond motifs is 1. The summed E-state index contributed by atoms with van der Waals surface area (Å²) < 4.78 is 58.1. The van der Waals surface area contributed by atoms with E-state index >= 15 is 0 Å². The van der Waals surface area contributed by atoms with E-state index in [1.54, 1.807) is 30.3 Å². The highest BCUT2D eigenvalue weighted by Gasteiger charge is 2.32. The third-order valence-corrected chi connectivity index (χ3v) is 8.04. The number of nitrogens with two attached hydrogens (primary N) is 1. The van der Waals surface area contributed by atoms with Crippen LogP contribution in [0.15, 0.2) is 65.1 Å². The topological polar surface area (TPSA) is 124 Å². The summed E-state index contributed by atoms with van der Waals surface area (Å²) in [5.41, 5.74) is 8.09. The first kappa shape index (κ1) is 28.4. The molecule has 1 fully saturated rings. The molecule has 0 aliphatic heterocycles. The molecule has 216 valence electrons. The first-order valence-electron chi connectivity index (χ1n) is 13.4. The van der Waals surface area contributed by atoms with E-state index in [9.17, 15) is 17.6 Å². The summed E-state index contributed by atoms with van der Waals surface area (Å²) in [5.74, 6) is 1.38. The van der Waals surface area contributed by atoms with Gasteiger partial charge in [0.25, 0.3) is 0 Å². The average molecular weight is 582 g/mol. The lowest BCUT2D eigenvalue weighted by Crippen LogP contribution is -2.32. The third kappa shape index (κ3) is 6.47. The number of unbranched alkanes of at least 4 members (excludes halogenated alkanes) is 1. The molecule has 0 spiro atoms. The Kier molecular flexibility index (Phi) is 8.18. The van der Waals surface area contributed by atoms with Crippen molar-refractivity contribution in [3.8, 4) is 28.6 Å². The van der Waals surface area contributed by atoms with Crippen molar-refractivity contribution in [3.05, 3.63) is 72.0 Å². The molecule has 41 heavy (non-hydrogen) atoms. The van der Waals surface area contributed by atoms with Crippen LogP contribution in [0, 0.1) is 5.82 Å². The number of benzene rings is 3. The van der Waals surface area contributed by atoms with Crippen molar-refractivity contribution in [2.45, 2.75) is 31.6 Å². The van der Waals surface area contributed by atoms with Gasteiger partial charge in [-0.2, -0.15) is 0 Å². The normalized spacial score (nSPS) is 13.3. The van der Waals surface area contributed by atoms with Crippen LogP contribution in [-0.4, -0.2) is 40.9 Å². The molecule has 0 radical (unpaired) electrons. The molecule has 1 amide bonds. The van der Waals surface area contributed by atoms with Gasteiger partial charge in [0.2, 0.25) is 10.0 Å². The Hall–Kier alpha value is -4.09. The van der Waals surface area contributed by atoms with Gasteiger partial charge in [-0.3, -0.25) is 4.31 Å². The van der Waals surface area contributed by atoms with Crippen molar-refractivity contribution in [1.29, 1.82) is 0 Å². The second-order valence-electron chi connectivity index (χ2n) is 9.99. The number of furan rings is 1. The zero-order chi connectivity index (χ0) is 29.1. The summed E-state index contributed by atoms with van der Waals surface area (Å²) >= 11 is 0. The highest BCUT2D eigenvalue weighted by molar-refractivity contribution is 7.92. The van der Waals surface area contributed by atoms with Gasteiger partial charge in [-0.15, -0.1) is 0 Å². The molecule has 0 saturated heterocycles. The molecule has 4 aromatic rings.